The van der Waals surface area contributed by atoms with Crippen LogP contribution in [0.1, 0.15) is 28.4 Å². The van der Waals surface area contributed by atoms with Crippen molar-refractivity contribution in [2.24, 2.45) is 0 Å². The standard InChI is InChI=1S/C18H15F2N3O2/c19-12-2-3-15(20)14(7-12)16-8-13(24)10-23(16)18(25)11-1-4-17-21-5-6-22(17)9-11/h1-7,9,13,16,24H,8,10H2/t13-,16-/m1/s1. The minimum Gasteiger partial charge on any atom is -0.391 e. The molecule has 4 rings (SSSR count). The fourth-order valence-corrected chi connectivity index (χ4v) is 3.32. The number of likely N-dealkylation sites (tertiary alicyclic amines) is 1. The first-order valence-electron chi connectivity index (χ1n) is 7.89. The van der Waals surface area contributed by atoms with Crippen molar-refractivity contribution in [2.75, 3.05) is 6.54 Å². The number of carbonyl (C=O) groups is 1. The lowest BCUT2D eigenvalue weighted by atomic mass is 10.0. The number of nitrogens with zero attached hydrogens (tertiary/aromatic N) is 3. The van der Waals surface area contributed by atoms with Gasteiger partial charge < -0.3 is 14.4 Å². The maximum absolute atomic E-state index is 14.2. The zero-order valence-corrected chi connectivity index (χ0v) is 13.1. The van der Waals surface area contributed by atoms with Crippen LogP contribution in [0.2, 0.25) is 0 Å². The van der Waals surface area contributed by atoms with Gasteiger partial charge in [-0.25, -0.2) is 13.8 Å². The molecule has 2 aromatic heterocycles. The Hall–Kier alpha value is -2.80. The van der Waals surface area contributed by atoms with Gasteiger partial charge in [0.15, 0.2) is 0 Å². The van der Waals surface area contributed by atoms with Crippen LogP contribution in [0.25, 0.3) is 5.65 Å². The number of pyridine rings is 1. The fourth-order valence-electron chi connectivity index (χ4n) is 3.32. The largest absolute Gasteiger partial charge is 0.391 e. The van der Waals surface area contributed by atoms with Crippen molar-refractivity contribution in [1.82, 2.24) is 14.3 Å². The van der Waals surface area contributed by atoms with Crippen molar-refractivity contribution in [3.05, 3.63) is 71.7 Å². The van der Waals surface area contributed by atoms with Gasteiger partial charge in [-0.1, -0.05) is 0 Å². The topological polar surface area (TPSA) is 57.8 Å². The van der Waals surface area contributed by atoms with E-state index in [9.17, 15) is 18.7 Å². The number of halogens is 2. The third kappa shape index (κ3) is 2.76. The van der Waals surface area contributed by atoms with Crippen molar-refractivity contribution < 1.29 is 18.7 Å². The number of hydrogen-bond donors (Lipinski definition) is 1. The van der Waals surface area contributed by atoms with Crippen LogP contribution in [0.3, 0.4) is 0 Å². The van der Waals surface area contributed by atoms with Crippen LogP contribution in [-0.4, -0.2) is 37.9 Å². The highest BCUT2D eigenvalue weighted by molar-refractivity contribution is 5.94. The Morgan fingerprint density at radius 3 is 2.92 bits per heavy atom. The Labute approximate surface area is 142 Å². The van der Waals surface area contributed by atoms with Crippen molar-refractivity contribution in [1.29, 1.82) is 0 Å². The zero-order chi connectivity index (χ0) is 17.6. The van der Waals surface area contributed by atoms with Gasteiger partial charge >= 0.3 is 0 Å². The monoisotopic (exact) mass is 343 g/mol. The maximum Gasteiger partial charge on any atom is 0.255 e. The Morgan fingerprint density at radius 1 is 1.24 bits per heavy atom. The second kappa shape index (κ2) is 5.93. The average molecular weight is 343 g/mol. The summed E-state index contributed by atoms with van der Waals surface area (Å²) in [6.45, 7) is 0.0709. The first-order valence-corrected chi connectivity index (χ1v) is 7.89. The van der Waals surface area contributed by atoms with Gasteiger partial charge in [-0.2, -0.15) is 0 Å². The summed E-state index contributed by atoms with van der Waals surface area (Å²) in [4.78, 5) is 18.4. The van der Waals surface area contributed by atoms with Crippen LogP contribution >= 0.6 is 0 Å². The molecule has 1 aliphatic heterocycles. The minimum absolute atomic E-state index is 0.0709. The van der Waals surface area contributed by atoms with Crippen molar-refractivity contribution in [2.45, 2.75) is 18.6 Å². The summed E-state index contributed by atoms with van der Waals surface area (Å²) < 4.78 is 29.4. The molecule has 0 radical (unpaired) electrons. The van der Waals surface area contributed by atoms with E-state index in [2.05, 4.69) is 4.98 Å². The molecule has 128 valence electrons. The Balaban J connectivity index is 1.71. The van der Waals surface area contributed by atoms with Crippen molar-refractivity contribution in [3.8, 4) is 0 Å². The highest BCUT2D eigenvalue weighted by Crippen LogP contribution is 2.35. The summed E-state index contributed by atoms with van der Waals surface area (Å²) in [6, 6.07) is 5.78. The minimum atomic E-state index is -0.784. The van der Waals surface area contributed by atoms with E-state index in [4.69, 9.17) is 0 Å². The van der Waals surface area contributed by atoms with Crippen LogP contribution < -0.4 is 0 Å². The molecule has 0 aliphatic carbocycles. The van der Waals surface area contributed by atoms with Gasteiger partial charge in [0.25, 0.3) is 5.91 Å². The molecule has 5 nitrogen and oxygen atoms in total. The first kappa shape index (κ1) is 15.7. The molecule has 0 bridgehead atoms. The third-order valence-electron chi connectivity index (χ3n) is 4.49. The number of amides is 1. The summed E-state index contributed by atoms with van der Waals surface area (Å²) in [6.07, 6.45) is 4.35. The number of carbonyl (C=O) groups excluding carboxylic acids is 1. The molecule has 3 aromatic rings. The molecule has 7 heteroatoms. The summed E-state index contributed by atoms with van der Waals surface area (Å²) in [7, 11) is 0. The van der Waals surface area contributed by atoms with E-state index in [1.54, 1.807) is 35.1 Å². The van der Waals surface area contributed by atoms with Crippen LogP contribution in [0.15, 0.2) is 48.9 Å². The zero-order valence-electron chi connectivity index (χ0n) is 13.1. The number of fused-ring (bicyclic) bond motifs is 1. The van der Waals surface area contributed by atoms with Gasteiger partial charge in [0.2, 0.25) is 0 Å². The van der Waals surface area contributed by atoms with Crippen LogP contribution in [0.4, 0.5) is 8.78 Å². The molecular formula is C18H15F2N3O2. The van der Waals surface area contributed by atoms with E-state index in [0.717, 1.165) is 18.2 Å². The molecule has 3 heterocycles. The van der Waals surface area contributed by atoms with Crippen molar-refractivity contribution >= 4 is 11.6 Å². The third-order valence-corrected chi connectivity index (χ3v) is 4.49. The predicted octanol–water partition coefficient (Wildman–Crippen LogP) is 2.56. The normalized spacial score (nSPS) is 20.4. The van der Waals surface area contributed by atoms with Gasteiger partial charge in [-0.05, 0) is 36.8 Å². The molecule has 2 atom stereocenters. The van der Waals surface area contributed by atoms with E-state index in [1.807, 2.05) is 0 Å². The first-order chi connectivity index (χ1) is 12.0. The Bertz CT molecular complexity index is 956. The van der Waals surface area contributed by atoms with Gasteiger partial charge in [0.05, 0.1) is 17.7 Å². The number of hydrogen-bond acceptors (Lipinski definition) is 3. The summed E-state index contributed by atoms with van der Waals surface area (Å²) in [5.74, 6) is -1.52. The molecule has 0 saturated carbocycles. The molecule has 25 heavy (non-hydrogen) atoms. The van der Waals surface area contributed by atoms with Crippen LogP contribution in [-0.2, 0) is 0 Å². The van der Waals surface area contributed by atoms with Crippen LogP contribution in [0.5, 0.6) is 0 Å². The lowest BCUT2D eigenvalue weighted by Crippen LogP contribution is -2.32. The number of aliphatic hydroxyl groups is 1. The molecule has 0 spiro atoms. The van der Waals surface area contributed by atoms with Gasteiger partial charge in [0.1, 0.15) is 17.3 Å². The maximum atomic E-state index is 14.2. The van der Waals surface area contributed by atoms with Gasteiger partial charge in [-0.15, -0.1) is 0 Å². The molecule has 1 aromatic carbocycles. The number of aliphatic hydroxyl groups excluding tert-OH is 1. The molecule has 1 saturated heterocycles. The fraction of sp³-hybridized carbons (Fsp3) is 0.222. The number of benzene rings is 1. The van der Waals surface area contributed by atoms with E-state index in [1.165, 1.54) is 4.90 Å². The molecule has 1 N–H and O–H groups in total. The lowest BCUT2D eigenvalue weighted by Gasteiger charge is -2.25. The van der Waals surface area contributed by atoms with Gasteiger partial charge in [0, 0.05) is 30.7 Å². The highest BCUT2D eigenvalue weighted by Gasteiger charge is 2.37. The van der Waals surface area contributed by atoms with Gasteiger partial charge in [-0.3, -0.25) is 4.79 Å². The SMILES string of the molecule is O=C(c1ccc2nccn2c1)N1C[C@H](O)C[C@@H]1c1cc(F)ccc1F. The smallest absolute Gasteiger partial charge is 0.255 e. The molecule has 1 aliphatic rings. The van der Waals surface area contributed by atoms with Crippen molar-refractivity contribution in [3.63, 3.8) is 0 Å². The highest BCUT2D eigenvalue weighted by atomic mass is 19.1. The lowest BCUT2D eigenvalue weighted by molar-refractivity contribution is 0.0713. The molecular weight excluding hydrogens is 328 g/mol. The summed E-state index contributed by atoms with van der Waals surface area (Å²) in [5, 5.41) is 10.0. The molecule has 1 fully saturated rings. The number of aromatic nitrogens is 2. The van der Waals surface area contributed by atoms with Crippen LogP contribution in [0, 0.1) is 11.6 Å². The summed E-state index contributed by atoms with van der Waals surface area (Å²) in [5.41, 5.74) is 1.17. The van der Waals surface area contributed by atoms with E-state index in [0.29, 0.717) is 11.2 Å². The van der Waals surface area contributed by atoms with E-state index >= 15 is 0 Å². The Kier molecular flexibility index (Phi) is 3.73. The second-order valence-electron chi connectivity index (χ2n) is 6.14. The quantitative estimate of drug-likeness (QED) is 0.778. The predicted molar refractivity (Wildman–Crippen MR) is 86.0 cm³/mol. The molecule has 0 unspecified atom stereocenters. The van der Waals surface area contributed by atoms with E-state index in [-0.39, 0.29) is 24.4 Å². The van der Waals surface area contributed by atoms with E-state index < -0.39 is 23.8 Å². The number of β-amino-alcohol motifs (C(OH)–C–C–N with tert-alkyl or cyclic N) is 1. The average Bonchev–Trinajstić information content (AvgIpc) is 3.22. The summed E-state index contributed by atoms with van der Waals surface area (Å²) >= 11 is 0. The number of imidazole rings is 1. The number of rotatable bonds is 2. The Morgan fingerprint density at radius 2 is 2.08 bits per heavy atom. The molecule has 1 amide bonds. The second-order valence-corrected chi connectivity index (χ2v) is 6.14.